The van der Waals surface area contributed by atoms with E-state index in [0.29, 0.717) is 0 Å². The summed E-state index contributed by atoms with van der Waals surface area (Å²) in [6, 6.07) is 9.60. The standard InChI is InChI=1S/C20H21N3O3/c1-12-9-17(24)18(10-21-12)26-11-19(25)22-16-8-4-6-14-13-5-2-3-7-15(13)23-20(14)16/h2-3,5,7,9-10,16,23H,4,6,8,11H2,1H3,(H,21,24)(H,22,25)/t16-/m0/s1. The molecule has 134 valence electrons. The van der Waals surface area contributed by atoms with Crippen LogP contribution in [0, 0.1) is 6.92 Å². The second-order valence-electron chi connectivity index (χ2n) is 6.71. The van der Waals surface area contributed by atoms with Crippen LogP contribution < -0.4 is 15.5 Å². The van der Waals surface area contributed by atoms with E-state index >= 15 is 0 Å². The van der Waals surface area contributed by atoms with E-state index < -0.39 is 0 Å². The van der Waals surface area contributed by atoms with Crippen LogP contribution in [0.4, 0.5) is 0 Å². The Morgan fingerprint density at radius 2 is 2.19 bits per heavy atom. The van der Waals surface area contributed by atoms with E-state index in [-0.39, 0.29) is 29.7 Å². The van der Waals surface area contributed by atoms with Gasteiger partial charge < -0.3 is 20.0 Å². The lowest BCUT2D eigenvalue weighted by Gasteiger charge is -2.23. The first-order valence-electron chi connectivity index (χ1n) is 8.83. The summed E-state index contributed by atoms with van der Waals surface area (Å²) in [7, 11) is 0. The first-order chi connectivity index (χ1) is 12.6. The first kappa shape index (κ1) is 16.4. The van der Waals surface area contributed by atoms with Gasteiger partial charge in [-0.3, -0.25) is 9.59 Å². The summed E-state index contributed by atoms with van der Waals surface area (Å²) >= 11 is 0. The van der Waals surface area contributed by atoms with Gasteiger partial charge in [-0.05, 0) is 37.8 Å². The molecule has 0 fully saturated rings. The number of hydrogen-bond acceptors (Lipinski definition) is 3. The fourth-order valence-electron chi connectivity index (χ4n) is 3.61. The highest BCUT2D eigenvalue weighted by atomic mass is 16.5. The van der Waals surface area contributed by atoms with E-state index in [9.17, 15) is 9.59 Å². The van der Waals surface area contributed by atoms with Gasteiger partial charge in [0.1, 0.15) is 0 Å². The summed E-state index contributed by atoms with van der Waals surface area (Å²) in [6.07, 6.45) is 4.41. The molecule has 0 saturated carbocycles. The Bertz CT molecular complexity index is 1020. The van der Waals surface area contributed by atoms with Crippen LogP contribution in [0.25, 0.3) is 10.9 Å². The van der Waals surface area contributed by atoms with Crippen LogP contribution in [0.2, 0.25) is 0 Å². The highest BCUT2D eigenvalue weighted by Crippen LogP contribution is 2.34. The summed E-state index contributed by atoms with van der Waals surface area (Å²) in [5.74, 6) is -0.0813. The predicted octanol–water partition coefficient (Wildman–Crippen LogP) is 2.74. The molecule has 26 heavy (non-hydrogen) atoms. The van der Waals surface area contributed by atoms with Crippen LogP contribution in [0.3, 0.4) is 0 Å². The lowest BCUT2D eigenvalue weighted by Crippen LogP contribution is -2.34. The molecule has 2 aromatic heterocycles. The first-order valence-corrected chi connectivity index (χ1v) is 8.83. The van der Waals surface area contributed by atoms with Crippen LogP contribution in [-0.2, 0) is 11.2 Å². The summed E-state index contributed by atoms with van der Waals surface area (Å²) in [6.45, 7) is 1.61. The van der Waals surface area contributed by atoms with Gasteiger partial charge in [0.05, 0.1) is 6.04 Å². The number of H-pyrrole nitrogens is 2. The molecule has 4 rings (SSSR count). The van der Waals surface area contributed by atoms with Crippen molar-refractivity contribution in [3.05, 3.63) is 63.7 Å². The number of aromatic nitrogens is 2. The summed E-state index contributed by atoms with van der Waals surface area (Å²) in [5.41, 5.74) is 3.98. The molecule has 3 N–H and O–H groups in total. The van der Waals surface area contributed by atoms with Gasteiger partial charge in [-0.25, -0.2) is 0 Å². The Kier molecular flexibility index (Phi) is 4.24. The van der Waals surface area contributed by atoms with Crippen molar-refractivity contribution in [3.63, 3.8) is 0 Å². The smallest absolute Gasteiger partial charge is 0.258 e. The molecule has 0 aliphatic heterocycles. The number of nitrogens with one attached hydrogen (secondary N) is 3. The van der Waals surface area contributed by atoms with Gasteiger partial charge in [-0.15, -0.1) is 0 Å². The average Bonchev–Trinajstić information content (AvgIpc) is 3.01. The lowest BCUT2D eigenvalue weighted by atomic mass is 9.91. The van der Waals surface area contributed by atoms with Crippen molar-refractivity contribution >= 4 is 16.8 Å². The second-order valence-corrected chi connectivity index (χ2v) is 6.71. The van der Waals surface area contributed by atoms with Crippen LogP contribution >= 0.6 is 0 Å². The van der Waals surface area contributed by atoms with Crippen molar-refractivity contribution in [2.75, 3.05) is 6.61 Å². The number of amides is 1. The normalized spacial score (nSPS) is 16.3. The van der Waals surface area contributed by atoms with E-state index in [1.54, 1.807) is 6.92 Å². The maximum Gasteiger partial charge on any atom is 0.258 e. The molecule has 0 unspecified atom stereocenters. The molecule has 3 aromatic rings. The van der Waals surface area contributed by atoms with Crippen molar-refractivity contribution in [2.45, 2.75) is 32.2 Å². The van der Waals surface area contributed by atoms with Crippen molar-refractivity contribution in [3.8, 4) is 5.75 Å². The van der Waals surface area contributed by atoms with Crippen molar-refractivity contribution in [1.82, 2.24) is 15.3 Å². The molecule has 1 aliphatic rings. The van der Waals surface area contributed by atoms with E-state index in [1.165, 1.54) is 23.2 Å². The molecule has 2 heterocycles. The summed E-state index contributed by atoms with van der Waals surface area (Å²) in [5, 5.41) is 4.26. The number of aromatic amines is 2. The molecular formula is C20H21N3O3. The maximum atomic E-state index is 12.3. The predicted molar refractivity (Wildman–Crippen MR) is 99.4 cm³/mol. The number of carbonyl (C=O) groups is 1. The Balaban J connectivity index is 1.46. The topological polar surface area (TPSA) is 87.0 Å². The third kappa shape index (κ3) is 3.10. The zero-order chi connectivity index (χ0) is 18.1. The lowest BCUT2D eigenvalue weighted by molar-refractivity contribution is -0.124. The number of hydrogen-bond donors (Lipinski definition) is 3. The largest absolute Gasteiger partial charge is 0.478 e. The van der Waals surface area contributed by atoms with Crippen LogP contribution in [-0.4, -0.2) is 22.5 Å². The average molecular weight is 351 g/mol. The quantitative estimate of drug-likeness (QED) is 0.675. The fourth-order valence-corrected chi connectivity index (χ4v) is 3.61. The Labute approximate surface area is 150 Å². The van der Waals surface area contributed by atoms with Gasteiger partial charge >= 0.3 is 0 Å². The third-order valence-corrected chi connectivity index (χ3v) is 4.83. The number of pyridine rings is 1. The van der Waals surface area contributed by atoms with Crippen molar-refractivity contribution in [2.24, 2.45) is 0 Å². The maximum absolute atomic E-state index is 12.3. The van der Waals surface area contributed by atoms with Gasteiger partial charge in [0.25, 0.3) is 5.91 Å². The molecular weight excluding hydrogens is 330 g/mol. The van der Waals surface area contributed by atoms with Crippen molar-refractivity contribution in [1.29, 1.82) is 0 Å². The number of benzene rings is 1. The van der Waals surface area contributed by atoms with Crippen LogP contribution in [0.5, 0.6) is 5.75 Å². The molecule has 1 aliphatic carbocycles. The number of ether oxygens (including phenoxy) is 1. The molecule has 1 atom stereocenters. The highest BCUT2D eigenvalue weighted by Gasteiger charge is 2.25. The Hall–Kier alpha value is -3.02. The van der Waals surface area contributed by atoms with Crippen LogP contribution in [0.15, 0.2) is 41.3 Å². The minimum Gasteiger partial charge on any atom is -0.478 e. The Morgan fingerprint density at radius 1 is 1.35 bits per heavy atom. The van der Waals surface area contributed by atoms with E-state index in [4.69, 9.17) is 4.74 Å². The molecule has 0 saturated heterocycles. The number of carbonyl (C=O) groups excluding carboxylic acids is 1. The third-order valence-electron chi connectivity index (χ3n) is 4.83. The molecule has 0 radical (unpaired) electrons. The van der Waals surface area contributed by atoms with Gasteiger partial charge in [0.15, 0.2) is 12.4 Å². The van der Waals surface area contributed by atoms with E-state index in [2.05, 4.69) is 27.4 Å². The minimum atomic E-state index is -0.235. The zero-order valence-electron chi connectivity index (χ0n) is 14.6. The molecule has 0 spiro atoms. The summed E-state index contributed by atoms with van der Waals surface area (Å²) in [4.78, 5) is 30.5. The van der Waals surface area contributed by atoms with Gasteiger partial charge in [0, 0.05) is 34.6 Å². The number of rotatable bonds is 4. The minimum absolute atomic E-state index is 0.0569. The van der Waals surface area contributed by atoms with Gasteiger partial charge in [0.2, 0.25) is 5.43 Å². The monoisotopic (exact) mass is 351 g/mol. The number of para-hydroxylation sites is 1. The molecule has 1 amide bonds. The van der Waals surface area contributed by atoms with Crippen LogP contribution in [0.1, 0.15) is 35.8 Å². The van der Waals surface area contributed by atoms with Crippen molar-refractivity contribution < 1.29 is 9.53 Å². The fraction of sp³-hybridized carbons (Fsp3) is 0.300. The van der Waals surface area contributed by atoms with Gasteiger partial charge in [-0.2, -0.15) is 0 Å². The summed E-state index contributed by atoms with van der Waals surface area (Å²) < 4.78 is 5.38. The van der Waals surface area contributed by atoms with Gasteiger partial charge in [-0.1, -0.05) is 18.2 Å². The number of aryl methyl sites for hydroxylation is 2. The van der Waals surface area contributed by atoms with E-state index in [1.807, 2.05) is 12.1 Å². The van der Waals surface area contributed by atoms with E-state index in [0.717, 1.165) is 36.2 Å². The Morgan fingerprint density at radius 3 is 3.04 bits per heavy atom. The molecule has 6 heteroatoms. The molecule has 0 bridgehead atoms. The zero-order valence-corrected chi connectivity index (χ0v) is 14.6. The highest BCUT2D eigenvalue weighted by molar-refractivity contribution is 5.85. The second kappa shape index (κ2) is 6.71. The molecule has 6 nitrogen and oxygen atoms in total. The SMILES string of the molecule is Cc1cc(=O)c(OCC(=O)N[C@H]2CCCc3c2[nH]c2ccccc32)c[nH]1. The number of fused-ring (bicyclic) bond motifs is 3. The molecule has 1 aromatic carbocycles.